The summed E-state index contributed by atoms with van der Waals surface area (Å²) in [6, 6.07) is 7.75. The van der Waals surface area contributed by atoms with Gasteiger partial charge in [0, 0.05) is 35.7 Å². The molecule has 5 nitrogen and oxygen atoms in total. The molecule has 1 aromatic rings. The van der Waals surface area contributed by atoms with Gasteiger partial charge in [-0.05, 0) is 47.6 Å². The third kappa shape index (κ3) is 3.98. The first kappa shape index (κ1) is 15.7. The van der Waals surface area contributed by atoms with E-state index >= 15 is 0 Å². The normalized spacial score (nSPS) is 19.0. The summed E-state index contributed by atoms with van der Waals surface area (Å²) in [5.41, 5.74) is 0.857. The number of nitrogens with one attached hydrogen (secondary N) is 1. The predicted octanol–water partition coefficient (Wildman–Crippen LogP) is 1.78. The minimum absolute atomic E-state index is 0.00563. The average Bonchev–Trinajstić information content (AvgIpc) is 3.34. The number of amides is 2. The van der Waals surface area contributed by atoms with Gasteiger partial charge >= 0.3 is 0 Å². The van der Waals surface area contributed by atoms with Crippen molar-refractivity contribution in [3.8, 4) is 0 Å². The molecule has 0 atom stereocenters. The quantitative estimate of drug-likeness (QED) is 0.766. The fourth-order valence-electron chi connectivity index (χ4n) is 2.67. The number of hydrogen-bond donors (Lipinski definition) is 1. The Labute approximate surface area is 144 Å². The Kier molecular flexibility index (Phi) is 4.97. The van der Waals surface area contributed by atoms with Crippen molar-refractivity contribution in [3.05, 3.63) is 27.8 Å². The monoisotopic (exact) mass is 413 g/mol. The number of para-hydroxylation sites is 1. The maximum atomic E-state index is 12.1. The lowest BCUT2D eigenvalue weighted by molar-refractivity contribution is -0.134. The topological polar surface area (TPSA) is 52.7 Å². The lowest BCUT2D eigenvalue weighted by Gasteiger charge is -2.34. The first-order chi connectivity index (χ1) is 10.6. The van der Waals surface area contributed by atoms with Gasteiger partial charge in [-0.2, -0.15) is 0 Å². The van der Waals surface area contributed by atoms with Crippen LogP contribution in [0.2, 0.25) is 0 Å². The molecule has 0 unspecified atom stereocenters. The Morgan fingerprint density at radius 2 is 1.82 bits per heavy atom. The van der Waals surface area contributed by atoms with Crippen molar-refractivity contribution >= 4 is 40.1 Å². The smallest absolute Gasteiger partial charge is 0.238 e. The van der Waals surface area contributed by atoms with Crippen LogP contribution in [0.1, 0.15) is 12.8 Å². The Hall–Kier alpha value is -1.15. The SMILES string of the molecule is O=C(CN1CCN(C(=O)C2CC2)CC1)Nc1ccccc1I. The van der Waals surface area contributed by atoms with Gasteiger partial charge in [-0.15, -0.1) is 0 Å². The maximum absolute atomic E-state index is 12.1. The zero-order valence-electron chi connectivity index (χ0n) is 12.4. The number of benzene rings is 1. The second-order valence-corrected chi connectivity index (χ2v) is 7.07. The van der Waals surface area contributed by atoms with Gasteiger partial charge in [0.15, 0.2) is 0 Å². The Morgan fingerprint density at radius 1 is 1.14 bits per heavy atom. The molecule has 3 rings (SSSR count). The molecule has 1 heterocycles. The number of carbonyl (C=O) groups excluding carboxylic acids is 2. The van der Waals surface area contributed by atoms with Gasteiger partial charge in [-0.25, -0.2) is 0 Å². The van der Waals surface area contributed by atoms with E-state index in [0.29, 0.717) is 12.5 Å². The first-order valence-electron chi connectivity index (χ1n) is 7.69. The van der Waals surface area contributed by atoms with Gasteiger partial charge in [0.05, 0.1) is 12.2 Å². The van der Waals surface area contributed by atoms with Crippen LogP contribution in [-0.4, -0.2) is 54.3 Å². The highest BCUT2D eigenvalue weighted by Gasteiger charge is 2.34. The van der Waals surface area contributed by atoms with Crippen LogP contribution in [0.4, 0.5) is 5.69 Å². The molecule has 0 radical (unpaired) electrons. The average molecular weight is 413 g/mol. The second kappa shape index (κ2) is 6.95. The molecule has 22 heavy (non-hydrogen) atoms. The van der Waals surface area contributed by atoms with E-state index in [1.807, 2.05) is 29.2 Å². The predicted molar refractivity (Wildman–Crippen MR) is 93.5 cm³/mol. The minimum Gasteiger partial charge on any atom is -0.340 e. The minimum atomic E-state index is 0.00563. The van der Waals surface area contributed by atoms with Crippen molar-refractivity contribution in [3.63, 3.8) is 0 Å². The number of carbonyl (C=O) groups is 2. The van der Waals surface area contributed by atoms with Gasteiger partial charge in [0.2, 0.25) is 11.8 Å². The van der Waals surface area contributed by atoms with Crippen LogP contribution in [-0.2, 0) is 9.59 Å². The van der Waals surface area contributed by atoms with Crippen molar-refractivity contribution in [1.82, 2.24) is 9.80 Å². The Morgan fingerprint density at radius 3 is 2.45 bits per heavy atom. The first-order valence-corrected chi connectivity index (χ1v) is 8.77. The number of rotatable bonds is 4. The summed E-state index contributed by atoms with van der Waals surface area (Å²) in [5.74, 6) is 0.601. The van der Waals surface area contributed by atoms with E-state index in [-0.39, 0.29) is 11.8 Å². The van der Waals surface area contributed by atoms with Crippen LogP contribution >= 0.6 is 22.6 Å². The summed E-state index contributed by atoms with van der Waals surface area (Å²) in [6.45, 7) is 3.42. The van der Waals surface area contributed by atoms with Gasteiger partial charge in [-0.3, -0.25) is 14.5 Å². The summed E-state index contributed by atoms with van der Waals surface area (Å²) < 4.78 is 1.04. The standard InChI is InChI=1S/C16H20IN3O2/c17-13-3-1-2-4-14(13)18-15(21)11-19-7-9-20(10-8-19)16(22)12-5-6-12/h1-4,12H,5-11H2,(H,18,21). The number of piperazine rings is 1. The molecule has 2 fully saturated rings. The van der Waals surface area contributed by atoms with Crippen molar-refractivity contribution in [2.45, 2.75) is 12.8 Å². The van der Waals surface area contributed by atoms with Crippen molar-refractivity contribution in [2.75, 3.05) is 38.0 Å². The summed E-state index contributed by atoms with van der Waals surface area (Å²) in [7, 11) is 0. The molecule has 1 saturated heterocycles. The highest BCUT2D eigenvalue weighted by atomic mass is 127. The Balaban J connectivity index is 1.45. The third-order valence-corrected chi connectivity index (χ3v) is 5.07. The molecule has 1 aliphatic heterocycles. The summed E-state index contributed by atoms with van der Waals surface area (Å²) >= 11 is 2.21. The lowest BCUT2D eigenvalue weighted by atomic mass is 10.2. The zero-order chi connectivity index (χ0) is 15.5. The highest BCUT2D eigenvalue weighted by molar-refractivity contribution is 14.1. The lowest BCUT2D eigenvalue weighted by Crippen LogP contribution is -2.50. The van der Waals surface area contributed by atoms with E-state index in [0.717, 1.165) is 48.3 Å². The molecular formula is C16H20IN3O2. The van der Waals surface area contributed by atoms with Gasteiger partial charge in [0.1, 0.15) is 0 Å². The largest absolute Gasteiger partial charge is 0.340 e. The van der Waals surface area contributed by atoms with Crippen LogP contribution in [0, 0.1) is 9.49 Å². The van der Waals surface area contributed by atoms with Gasteiger partial charge in [-0.1, -0.05) is 12.1 Å². The van der Waals surface area contributed by atoms with Crippen LogP contribution in [0.15, 0.2) is 24.3 Å². The van der Waals surface area contributed by atoms with Crippen LogP contribution < -0.4 is 5.32 Å². The number of nitrogens with zero attached hydrogens (tertiary/aromatic N) is 2. The molecule has 0 aromatic heterocycles. The molecule has 1 aliphatic carbocycles. The van der Waals surface area contributed by atoms with Crippen molar-refractivity contribution in [1.29, 1.82) is 0 Å². The maximum Gasteiger partial charge on any atom is 0.238 e. The van der Waals surface area contributed by atoms with E-state index < -0.39 is 0 Å². The van der Waals surface area contributed by atoms with E-state index in [4.69, 9.17) is 0 Å². The molecule has 6 heteroatoms. The second-order valence-electron chi connectivity index (χ2n) is 5.90. The van der Waals surface area contributed by atoms with Crippen LogP contribution in [0.25, 0.3) is 0 Å². The molecule has 1 saturated carbocycles. The van der Waals surface area contributed by atoms with E-state index in [2.05, 4.69) is 32.8 Å². The van der Waals surface area contributed by atoms with Crippen molar-refractivity contribution in [2.24, 2.45) is 5.92 Å². The molecule has 1 aromatic carbocycles. The van der Waals surface area contributed by atoms with Crippen molar-refractivity contribution < 1.29 is 9.59 Å². The molecule has 1 N–H and O–H groups in total. The fourth-order valence-corrected chi connectivity index (χ4v) is 3.19. The molecule has 118 valence electrons. The third-order valence-electron chi connectivity index (χ3n) is 4.13. The zero-order valence-corrected chi connectivity index (χ0v) is 14.6. The summed E-state index contributed by atoms with van der Waals surface area (Å²) in [4.78, 5) is 28.2. The number of halogens is 1. The summed E-state index contributed by atoms with van der Waals surface area (Å²) in [6.07, 6.45) is 2.11. The molecule has 0 bridgehead atoms. The van der Waals surface area contributed by atoms with Crippen LogP contribution in [0.3, 0.4) is 0 Å². The number of hydrogen-bond acceptors (Lipinski definition) is 3. The molecular weight excluding hydrogens is 393 g/mol. The molecule has 2 aliphatic rings. The van der Waals surface area contributed by atoms with Gasteiger partial charge < -0.3 is 10.2 Å². The number of anilines is 1. The van der Waals surface area contributed by atoms with Gasteiger partial charge in [0.25, 0.3) is 0 Å². The van der Waals surface area contributed by atoms with E-state index in [1.54, 1.807) is 0 Å². The van der Waals surface area contributed by atoms with Crippen LogP contribution in [0.5, 0.6) is 0 Å². The molecule has 0 spiro atoms. The van der Waals surface area contributed by atoms with E-state index in [9.17, 15) is 9.59 Å². The Bertz CT molecular complexity index is 566. The molecule has 2 amide bonds. The summed E-state index contributed by atoms with van der Waals surface area (Å²) in [5, 5.41) is 2.95. The highest BCUT2D eigenvalue weighted by Crippen LogP contribution is 2.31. The van der Waals surface area contributed by atoms with E-state index in [1.165, 1.54) is 0 Å². The fraction of sp³-hybridized carbons (Fsp3) is 0.500.